The maximum atomic E-state index is 13.6. The van der Waals surface area contributed by atoms with E-state index in [0.717, 1.165) is 56.3 Å². The monoisotopic (exact) mass is 443 g/mol. The van der Waals surface area contributed by atoms with Gasteiger partial charge in [0.1, 0.15) is 0 Å². The second-order valence-corrected chi connectivity index (χ2v) is 9.66. The number of carbonyl (C=O) groups excluding carboxylic acids is 2. The molecule has 5 rings (SSSR count). The molecule has 2 atom stereocenters. The molecule has 3 aromatic rings. The standard InChI is InChI=1S/C28H33N3O2/c1-19-10-12-20(13-11-19)14-16-29-27(32)23-7-2-3-8-24(23)28(33)31-17-15-22-21-6-4-5-9-25(21)30-26(22)18-31/h4-6,9-13,23-24,30H,2-3,7-8,14-18H2,1H3,(H,29,32). The van der Waals surface area contributed by atoms with E-state index in [9.17, 15) is 9.59 Å². The van der Waals surface area contributed by atoms with Crippen LogP contribution in [0.2, 0.25) is 0 Å². The third-order valence-electron chi connectivity index (χ3n) is 7.45. The molecule has 2 unspecified atom stereocenters. The van der Waals surface area contributed by atoms with Crippen molar-refractivity contribution in [2.45, 2.75) is 52.0 Å². The minimum absolute atomic E-state index is 0.0449. The second-order valence-electron chi connectivity index (χ2n) is 9.66. The first kappa shape index (κ1) is 21.7. The molecule has 2 amide bonds. The Bertz CT molecular complexity index is 1150. The van der Waals surface area contributed by atoms with Crippen molar-refractivity contribution in [3.8, 4) is 0 Å². The van der Waals surface area contributed by atoms with Crippen molar-refractivity contribution in [1.29, 1.82) is 0 Å². The fourth-order valence-electron chi connectivity index (χ4n) is 5.57. The Morgan fingerprint density at radius 3 is 2.61 bits per heavy atom. The first-order valence-electron chi connectivity index (χ1n) is 12.3. The summed E-state index contributed by atoms with van der Waals surface area (Å²) in [4.78, 5) is 32.1. The van der Waals surface area contributed by atoms with Crippen LogP contribution >= 0.6 is 0 Å². The van der Waals surface area contributed by atoms with Crippen LogP contribution in [-0.4, -0.2) is 34.8 Å². The number of aryl methyl sites for hydroxylation is 1. The summed E-state index contributed by atoms with van der Waals surface area (Å²) in [5.41, 5.74) is 6.08. The number of para-hydroxylation sites is 1. The van der Waals surface area contributed by atoms with Crippen LogP contribution in [0.4, 0.5) is 0 Å². The van der Waals surface area contributed by atoms with E-state index >= 15 is 0 Å². The lowest BCUT2D eigenvalue weighted by Gasteiger charge is -2.35. The molecule has 5 heteroatoms. The summed E-state index contributed by atoms with van der Waals surface area (Å²) in [6.07, 6.45) is 5.34. The number of H-pyrrole nitrogens is 1. The smallest absolute Gasteiger partial charge is 0.226 e. The number of benzene rings is 2. The number of rotatable bonds is 5. The van der Waals surface area contributed by atoms with Gasteiger partial charge >= 0.3 is 0 Å². The Morgan fingerprint density at radius 2 is 1.79 bits per heavy atom. The first-order valence-corrected chi connectivity index (χ1v) is 12.3. The van der Waals surface area contributed by atoms with Crippen LogP contribution in [0.3, 0.4) is 0 Å². The average molecular weight is 444 g/mol. The van der Waals surface area contributed by atoms with Crippen LogP contribution in [-0.2, 0) is 29.0 Å². The van der Waals surface area contributed by atoms with Crippen molar-refractivity contribution in [1.82, 2.24) is 15.2 Å². The molecule has 1 fully saturated rings. The minimum atomic E-state index is -0.214. The first-order chi connectivity index (χ1) is 16.1. The van der Waals surface area contributed by atoms with Gasteiger partial charge in [-0.1, -0.05) is 60.9 Å². The van der Waals surface area contributed by atoms with Gasteiger partial charge < -0.3 is 15.2 Å². The van der Waals surface area contributed by atoms with Crippen LogP contribution < -0.4 is 5.32 Å². The lowest BCUT2D eigenvalue weighted by Crippen LogP contribution is -2.47. The van der Waals surface area contributed by atoms with Gasteiger partial charge in [-0.15, -0.1) is 0 Å². The van der Waals surface area contributed by atoms with Gasteiger partial charge in [-0.2, -0.15) is 0 Å². The molecule has 2 N–H and O–H groups in total. The Kier molecular flexibility index (Phi) is 6.21. The number of carbonyl (C=O) groups is 2. The summed E-state index contributed by atoms with van der Waals surface area (Å²) >= 11 is 0. The molecule has 1 aliphatic carbocycles. The quantitative estimate of drug-likeness (QED) is 0.609. The fraction of sp³-hybridized carbons (Fsp3) is 0.429. The van der Waals surface area contributed by atoms with Crippen molar-refractivity contribution >= 4 is 22.7 Å². The predicted molar refractivity (Wildman–Crippen MR) is 131 cm³/mol. The second kappa shape index (κ2) is 9.42. The highest BCUT2D eigenvalue weighted by Gasteiger charge is 2.38. The average Bonchev–Trinajstić information content (AvgIpc) is 3.22. The van der Waals surface area contributed by atoms with E-state index < -0.39 is 0 Å². The molecular formula is C28H33N3O2. The Hall–Kier alpha value is -3.08. The molecular weight excluding hydrogens is 410 g/mol. The lowest BCUT2D eigenvalue weighted by atomic mass is 9.77. The van der Waals surface area contributed by atoms with Crippen LogP contribution in [0, 0.1) is 18.8 Å². The van der Waals surface area contributed by atoms with E-state index in [0.29, 0.717) is 13.1 Å². The topological polar surface area (TPSA) is 65.2 Å². The van der Waals surface area contributed by atoms with Crippen molar-refractivity contribution in [3.05, 3.63) is 70.9 Å². The Morgan fingerprint density at radius 1 is 1.03 bits per heavy atom. The number of fused-ring (bicyclic) bond motifs is 3. The van der Waals surface area contributed by atoms with Gasteiger partial charge in [0, 0.05) is 41.5 Å². The molecule has 1 aliphatic heterocycles. The summed E-state index contributed by atoms with van der Waals surface area (Å²) in [6, 6.07) is 16.8. The number of nitrogens with one attached hydrogen (secondary N) is 2. The maximum Gasteiger partial charge on any atom is 0.226 e. The summed E-state index contributed by atoms with van der Waals surface area (Å²) < 4.78 is 0. The molecule has 0 radical (unpaired) electrons. The normalized spacial score (nSPS) is 20.5. The zero-order chi connectivity index (χ0) is 22.8. The molecule has 2 aromatic carbocycles. The number of aromatic amines is 1. The number of amides is 2. The molecule has 2 heterocycles. The summed E-state index contributed by atoms with van der Waals surface area (Å²) in [5, 5.41) is 4.39. The maximum absolute atomic E-state index is 13.6. The van der Waals surface area contributed by atoms with E-state index in [-0.39, 0.29) is 23.7 Å². The van der Waals surface area contributed by atoms with Gasteiger partial charge in [-0.25, -0.2) is 0 Å². The van der Waals surface area contributed by atoms with Crippen LogP contribution in [0.5, 0.6) is 0 Å². The summed E-state index contributed by atoms with van der Waals surface area (Å²) in [7, 11) is 0. The van der Waals surface area contributed by atoms with Crippen molar-refractivity contribution in [3.63, 3.8) is 0 Å². The third-order valence-corrected chi connectivity index (χ3v) is 7.45. The van der Waals surface area contributed by atoms with Gasteiger partial charge in [0.2, 0.25) is 11.8 Å². The zero-order valence-electron chi connectivity index (χ0n) is 19.4. The molecule has 0 spiro atoms. The van der Waals surface area contributed by atoms with Crippen molar-refractivity contribution in [2.75, 3.05) is 13.1 Å². The van der Waals surface area contributed by atoms with Gasteiger partial charge in [0.05, 0.1) is 6.54 Å². The van der Waals surface area contributed by atoms with E-state index in [1.807, 2.05) is 11.0 Å². The molecule has 1 saturated carbocycles. The van der Waals surface area contributed by atoms with Gasteiger partial charge in [0.15, 0.2) is 0 Å². The molecule has 0 saturated heterocycles. The zero-order valence-corrected chi connectivity index (χ0v) is 19.4. The molecule has 2 aliphatic rings. The van der Waals surface area contributed by atoms with E-state index in [4.69, 9.17) is 0 Å². The molecule has 5 nitrogen and oxygen atoms in total. The third kappa shape index (κ3) is 4.54. The summed E-state index contributed by atoms with van der Waals surface area (Å²) in [6.45, 7) is 4.03. The molecule has 172 valence electrons. The fourth-order valence-corrected chi connectivity index (χ4v) is 5.57. The van der Waals surface area contributed by atoms with E-state index in [1.165, 1.54) is 22.1 Å². The largest absolute Gasteiger partial charge is 0.357 e. The van der Waals surface area contributed by atoms with Crippen LogP contribution in [0.15, 0.2) is 48.5 Å². The van der Waals surface area contributed by atoms with Gasteiger partial charge in [-0.05, 0) is 49.8 Å². The summed E-state index contributed by atoms with van der Waals surface area (Å²) in [5.74, 6) is -0.224. The predicted octanol–water partition coefficient (Wildman–Crippen LogP) is 4.53. The van der Waals surface area contributed by atoms with E-state index in [2.05, 4.69) is 59.7 Å². The lowest BCUT2D eigenvalue weighted by molar-refractivity contribution is -0.144. The number of aromatic nitrogens is 1. The minimum Gasteiger partial charge on any atom is -0.357 e. The van der Waals surface area contributed by atoms with Crippen molar-refractivity contribution in [2.24, 2.45) is 11.8 Å². The van der Waals surface area contributed by atoms with E-state index in [1.54, 1.807) is 0 Å². The number of nitrogens with zero attached hydrogens (tertiary/aromatic N) is 1. The highest BCUT2D eigenvalue weighted by Crippen LogP contribution is 2.34. The highest BCUT2D eigenvalue weighted by molar-refractivity contribution is 5.89. The van der Waals surface area contributed by atoms with Crippen LogP contribution in [0.1, 0.15) is 48.1 Å². The molecule has 33 heavy (non-hydrogen) atoms. The molecule has 0 bridgehead atoms. The number of hydrogen-bond acceptors (Lipinski definition) is 2. The highest BCUT2D eigenvalue weighted by atomic mass is 16.2. The number of hydrogen-bond donors (Lipinski definition) is 2. The Labute approximate surface area is 195 Å². The molecule has 1 aromatic heterocycles. The van der Waals surface area contributed by atoms with Gasteiger partial charge in [0.25, 0.3) is 0 Å². The van der Waals surface area contributed by atoms with Gasteiger partial charge in [-0.3, -0.25) is 9.59 Å². The van der Waals surface area contributed by atoms with Crippen LogP contribution in [0.25, 0.3) is 10.9 Å². The Balaban J connectivity index is 1.23. The SMILES string of the molecule is Cc1ccc(CCNC(=O)C2CCCCC2C(=O)N2CCc3c([nH]c4ccccc34)C2)cc1. The van der Waals surface area contributed by atoms with Crippen molar-refractivity contribution < 1.29 is 9.59 Å².